The first-order valence-electron chi connectivity index (χ1n) is 4.78. The number of H-pyrrole nitrogens is 2. The van der Waals surface area contributed by atoms with Gasteiger partial charge in [-0.25, -0.2) is 4.79 Å². The van der Waals surface area contributed by atoms with Crippen LogP contribution in [0.3, 0.4) is 0 Å². The van der Waals surface area contributed by atoms with Gasteiger partial charge in [-0.05, 0) is 24.4 Å². The molecule has 0 amide bonds. The van der Waals surface area contributed by atoms with Crippen LogP contribution >= 0.6 is 28.1 Å². The lowest BCUT2D eigenvalue weighted by Crippen LogP contribution is -2.03. The number of benzene rings is 1. The highest BCUT2D eigenvalue weighted by molar-refractivity contribution is 9.10. The van der Waals surface area contributed by atoms with Crippen molar-refractivity contribution in [3.8, 4) is 11.3 Å². The zero-order chi connectivity index (χ0) is 12.4. The second-order valence-electron chi connectivity index (χ2n) is 3.33. The van der Waals surface area contributed by atoms with Crippen molar-refractivity contribution in [3.05, 3.63) is 39.2 Å². The topological polar surface area (TPSA) is 57.9 Å². The molecular formula is C11H9BrN2O2S. The fourth-order valence-electron chi connectivity index (χ4n) is 1.47. The molecular weight excluding hydrogens is 304 g/mol. The van der Waals surface area contributed by atoms with Gasteiger partial charge in [0.15, 0.2) is 10.5 Å². The van der Waals surface area contributed by atoms with Crippen LogP contribution < -0.4 is 0 Å². The Bertz CT molecular complexity index is 601. The summed E-state index contributed by atoms with van der Waals surface area (Å²) >= 11 is 8.34. The van der Waals surface area contributed by atoms with E-state index >= 15 is 0 Å². The lowest BCUT2D eigenvalue weighted by atomic mass is 10.1. The Morgan fingerprint density at radius 1 is 1.29 bits per heavy atom. The Morgan fingerprint density at radius 2 is 1.94 bits per heavy atom. The van der Waals surface area contributed by atoms with E-state index in [-0.39, 0.29) is 0 Å². The maximum atomic E-state index is 11.6. The van der Waals surface area contributed by atoms with Crippen molar-refractivity contribution in [2.24, 2.45) is 0 Å². The summed E-state index contributed by atoms with van der Waals surface area (Å²) < 4.78 is 6.05. The van der Waals surface area contributed by atoms with E-state index in [0.717, 1.165) is 10.0 Å². The van der Waals surface area contributed by atoms with Crippen molar-refractivity contribution in [3.63, 3.8) is 0 Å². The minimum absolute atomic E-state index is 0.333. The molecule has 4 nitrogen and oxygen atoms in total. The van der Waals surface area contributed by atoms with Crippen LogP contribution in [0.25, 0.3) is 11.3 Å². The number of hydrogen-bond acceptors (Lipinski definition) is 3. The summed E-state index contributed by atoms with van der Waals surface area (Å²) in [7, 11) is 1.33. The molecule has 0 bridgehead atoms. The molecule has 0 radical (unpaired) electrons. The van der Waals surface area contributed by atoms with Crippen LogP contribution in [-0.2, 0) is 4.74 Å². The van der Waals surface area contributed by atoms with Crippen LogP contribution in [0, 0.1) is 4.77 Å². The van der Waals surface area contributed by atoms with Crippen LogP contribution in [0.5, 0.6) is 0 Å². The molecule has 2 N–H and O–H groups in total. The van der Waals surface area contributed by atoms with Crippen LogP contribution in [0.1, 0.15) is 10.5 Å². The molecule has 2 aromatic rings. The molecule has 0 saturated heterocycles. The van der Waals surface area contributed by atoms with Gasteiger partial charge < -0.3 is 14.7 Å². The van der Waals surface area contributed by atoms with Gasteiger partial charge in [-0.15, -0.1) is 0 Å². The zero-order valence-electron chi connectivity index (χ0n) is 8.91. The molecule has 1 heterocycles. The molecule has 0 spiro atoms. The van der Waals surface area contributed by atoms with Gasteiger partial charge in [-0.3, -0.25) is 0 Å². The molecule has 0 aliphatic carbocycles. The monoisotopic (exact) mass is 312 g/mol. The number of hydrogen-bond donors (Lipinski definition) is 2. The summed E-state index contributed by atoms with van der Waals surface area (Å²) in [4.78, 5) is 17.3. The number of nitrogens with one attached hydrogen (secondary N) is 2. The van der Waals surface area contributed by atoms with Crippen LogP contribution in [0.4, 0.5) is 0 Å². The number of ether oxygens (including phenoxy) is 1. The van der Waals surface area contributed by atoms with E-state index in [1.165, 1.54) is 7.11 Å². The predicted octanol–water partition coefficient (Wildman–Crippen LogP) is 3.29. The molecule has 0 saturated carbocycles. The van der Waals surface area contributed by atoms with Crippen molar-refractivity contribution < 1.29 is 9.53 Å². The average Bonchev–Trinajstić information content (AvgIpc) is 2.71. The van der Waals surface area contributed by atoms with E-state index in [0.29, 0.717) is 16.2 Å². The molecule has 0 aliphatic heterocycles. The summed E-state index contributed by atoms with van der Waals surface area (Å²) in [6.07, 6.45) is 0. The third-order valence-corrected chi connectivity index (χ3v) is 2.98. The lowest BCUT2D eigenvalue weighted by molar-refractivity contribution is 0.0595. The van der Waals surface area contributed by atoms with E-state index in [1.54, 1.807) is 0 Å². The van der Waals surface area contributed by atoms with Crippen LogP contribution in [0.2, 0.25) is 0 Å². The fourth-order valence-corrected chi connectivity index (χ4v) is 1.94. The molecule has 6 heteroatoms. The van der Waals surface area contributed by atoms with E-state index < -0.39 is 5.97 Å². The van der Waals surface area contributed by atoms with Crippen molar-refractivity contribution in [1.29, 1.82) is 0 Å². The van der Waals surface area contributed by atoms with E-state index in [9.17, 15) is 4.79 Å². The molecule has 1 aromatic heterocycles. The standard InChI is InChI=1S/C11H9BrN2O2S/c1-16-10(15)9-8(13-11(17)14-9)6-2-4-7(12)5-3-6/h2-5H,1H3,(H2,13,14,17). The van der Waals surface area contributed by atoms with Crippen molar-refractivity contribution in [2.45, 2.75) is 0 Å². The maximum Gasteiger partial charge on any atom is 0.356 e. The van der Waals surface area contributed by atoms with Gasteiger partial charge in [-0.2, -0.15) is 0 Å². The Labute approximate surface area is 111 Å². The quantitative estimate of drug-likeness (QED) is 0.661. The average molecular weight is 313 g/mol. The largest absolute Gasteiger partial charge is 0.464 e. The van der Waals surface area contributed by atoms with Crippen LogP contribution in [0.15, 0.2) is 28.7 Å². The first kappa shape index (κ1) is 12.1. The first-order valence-corrected chi connectivity index (χ1v) is 5.98. The molecule has 0 atom stereocenters. The number of imidazole rings is 1. The normalized spacial score (nSPS) is 10.2. The number of rotatable bonds is 2. The third kappa shape index (κ3) is 2.48. The highest BCUT2D eigenvalue weighted by Gasteiger charge is 2.15. The summed E-state index contributed by atoms with van der Waals surface area (Å²) in [5, 5.41) is 0. The Morgan fingerprint density at radius 3 is 2.53 bits per heavy atom. The number of carbonyl (C=O) groups excluding carboxylic acids is 1. The van der Waals surface area contributed by atoms with E-state index in [4.69, 9.17) is 12.2 Å². The number of esters is 1. The molecule has 1 aromatic carbocycles. The summed E-state index contributed by atoms with van der Waals surface area (Å²) in [6.45, 7) is 0. The summed E-state index contributed by atoms with van der Waals surface area (Å²) in [5.41, 5.74) is 1.83. The molecule has 17 heavy (non-hydrogen) atoms. The fraction of sp³-hybridized carbons (Fsp3) is 0.0909. The highest BCUT2D eigenvalue weighted by Crippen LogP contribution is 2.23. The Kier molecular flexibility index (Phi) is 3.44. The van der Waals surface area contributed by atoms with Crippen LogP contribution in [-0.4, -0.2) is 23.0 Å². The van der Waals surface area contributed by atoms with Crippen molar-refractivity contribution in [1.82, 2.24) is 9.97 Å². The number of aromatic amines is 2. The molecule has 2 rings (SSSR count). The summed E-state index contributed by atoms with van der Waals surface area (Å²) in [6, 6.07) is 7.54. The zero-order valence-corrected chi connectivity index (χ0v) is 11.3. The van der Waals surface area contributed by atoms with Gasteiger partial charge in [0.05, 0.1) is 12.8 Å². The van der Waals surface area contributed by atoms with Gasteiger partial charge in [0, 0.05) is 10.0 Å². The third-order valence-electron chi connectivity index (χ3n) is 2.25. The van der Waals surface area contributed by atoms with Gasteiger partial charge in [-0.1, -0.05) is 28.1 Å². The number of methoxy groups -OCH3 is 1. The second kappa shape index (κ2) is 4.85. The minimum atomic E-state index is -0.449. The Balaban J connectivity index is 2.55. The molecule has 0 aliphatic rings. The molecule has 0 unspecified atom stereocenters. The SMILES string of the molecule is COC(=O)c1[nH]c(=S)[nH]c1-c1ccc(Br)cc1. The van der Waals surface area contributed by atoms with E-state index in [1.807, 2.05) is 24.3 Å². The van der Waals surface area contributed by atoms with Crippen molar-refractivity contribution in [2.75, 3.05) is 7.11 Å². The highest BCUT2D eigenvalue weighted by atomic mass is 79.9. The van der Waals surface area contributed by atoms with Gasteiger partial charge in [0.1, 0.15) is 0 Å². The van der Waals surface area contributed by atoms with Gasteiger partial charge >= 0.3 is 5.97 Å². The van der Waals surface area contributed by atoms with Crippen molar-refractivity contribution >= 4 is 34.1 Å². The van der Waals surface area contributed by atoms with Gasteiger partial charge in [0.25, 0.3) is 0 Å². The molecule has 88 valence electrons. The van der Waals surface area contributed by atoms with Gasteiger partial charge in [0.2, 0.25) is 0 Å². The number of carbonyl (C=O) groups is 1. The lowest BCUT2D eigenvalue weighted by Gasteiger charge is -2.02. The number of aromatic nitrogens is 2. The molecule has 0 fully saturated rings. The number of halogens is 1. The minimum Gasteiger partial charge on any atom is -0.464 e. The first-order chi connectivity index (χ1) is 8.11. The maximum absolute atomic E-state index is 11.6. The Hall–Kier alpha value is -1.40. The van der Waals surface area contributed by atoms with E-state index in [2.05, 4.69) is 30.6 Å². The smallest absolute Gasteiger partial charge is 0.356 e. The predicted molar refractivity (Wildman–Crippen MR) is 70.5 cm³/mol. The second-order valence-corrected chi connectivity index (χ2v) is 4.65. The summed E-state index contributed by atoms with van der Waals surface area (Å²) in [5.74, 6) is -0.449.